The maximum absolute atomic E-state index is 13.1. The Balaban J connectivity index is 2.55. The van der Waals surface area contributed by atoms with Crippen molar-refractivity contribution >= 4 is 21.7 Å². The van der Waals surface area contributed by atoms with Crippen molar-refractivity contribution in [2.45, 2.75) is 25.2 Å². The topological polar surface area (TPSA) is 74.7 Å². The fraction of sp³-hybridized carbons (Fsp3) is 0.235. The van der Waals surface area contributed by atoms with Crippen LogP contribution >= 0.6 is 0 Å². The Bertz CT molecular complexity index is 847. The third-order valence-electron chi connectivity index (χ3n) is 3.78. The zero-order valence-corrected chi connectivity index (χ0v) is 14.2. The summed E-state index contributed by atoms with van der Waals surface area (Å²) >= 11 is 0. The first-order valence-corrected chi connectivity index (χ1v) is 8.74. The minimum absolute atomic E-state index is 0.0878. The van der Waals surface area contributed by atoms with Gasteiger partial charge in [0.25, 0.3) is 10.0 Å². The molecule has 0 aliphatic heterocycles. The van der Waals surface area contributed by atoms with E-state index in [-0.39, 0.29) is 17.9 Å². The van der Waals surface area contributed by atoms with Crippen molar-refractivity contribution < 1.29 is 22.7 Å². The molecule has 0 spiro atoms. The van der Waals surface area contributed by atoms with Gasteiger partial charge in [0.05, 0.1) is 17.0 Å². The third-order valence-corrected chi connectivity index (χ3v) is 5.60. The first kappa shape index (κ1) is 17.9. The Morgan fingerprint density at radius 1 is 1.12 bits per heavy atom. The van der Waals surface area contributed by atoms with Gasteiger partial charge in [-0.15, -0.1) is 0 Å². The molecule has 0 aliphatic carbocycles. The standard InChI is InChI=1S/C17H18FNO4S/c1-12-4-3-5-16(13(12)2)19(11-10-17(20)21)24(22,23)15-8-6-14(18)7-9-15/h3-9H,10-11H2,1-2H3,(H,20,21). The van der Waals surface area contributed by atoms with Gasteiger partial charge >= 0.3 is 5.97 Å². The zero-order valence-electron chi connectivity index (χ0n) is 13.4. The minimum Gasteiger partial charge on any atom is -0.481 e. The molecule has 0 fully saturated rings. The van der Waals surface area contributed by atoms with Crippen LogP contribution in [0.1, 0.15) is 17.5 Å². The van der Waals surface area contributed by atoms with Gasteiger partial charge in [-0.3, -0.25) is 9.10 Å². The summed E-state index contributed by atoms with van der Waals surface area (Å²) in [5.41, 5.74) is 2.05. The molecule has 1 N–H and O–H groups in total. The van der Waals surface area contributed by atoms with E-state index >= 15 is 0 Å². The Morgan fingerprint density at radius 2 is 1.75 bits per heavy atom. The number of benzene rings is 2. The number of anilines is 1. The van der Waals surface area contributed by atoms with Gasteiger partial charge < -0.3 is 5.11 Å². The number of hydrogen-bond acceptors (Lipinski definition) is 3. The highest BCUT2D eigenvalue weighted by Gasteiger charge is 2.27. The molecule has 2 aromatic carbocycles. The van der Waals surface area contributed by atoms with E-state index in [1.165, 1.54) is 12.1 Å². The molecule has 0 bridgehead atoms. The van der Waals surface area contributed by atoms with Crippen LogP contribution in [0.4, 0.5) is 10.1 Å². The largest absolute Gasteiger partial charge is 0.481 e. The van der Waals surface area contributed by atoms with Gasteiger partial charge in [-0.2, -0.15) is 0 Å². The predicted octanol–water partition coefficient (Wildman–Crippen LogP) is 3.11. The lowest BCUT2D eigenvalue weighted by Gasteiger charge is -2.26. The second-order valence-corrected chi connectivity index (χ2v) is 7.26. The summed E-state index contributed by atoms with van der Waals surface area (Å²) in [6.45, 7) is 3.41. The van der Waals surface area contributed by atoms with Crippen molar-refractivity contribution in [2.24, 2.45) is 0 Å². The number of halogens is 1. The van der Waals surface area contributed by atoms with Crippen molar-refractivity contribution in [1.29, 1.82) is 0 Å². The molecule has 0 unspecified atom stereocenters. The van der Waals surface area contributed by atoms with Gasteiger partial charge in [0.1, 0.15) is 5.82 Å². The highest BCUT2D eigenvalue weighted by molar-refractivity contribution is 7.92. The van der Waals surface area contributed by atoms with E-state index in [9.17, 15) is 17.6 Å². The van der Waals surface area contributed by atoms with E-state index in [1.54, 1.807) is 19.1 Å². The van der Waals surface area contributed by atoms with Crippen LogP contribution in [-0.2, 0) is 14.8 Å². The molecule has 0 saturated carbocycles. The summed E-state index contributed by atoms with van der Waals surface area (Å²) in [5.74, 6) is -1.64. The molecule has 2 rings (SSSR count). The maximum Gasteiger partial charge on any atom is 0.305 e. The van der Waals surface area contributed by atoms with Crippen molar-refractivity contribution in [3.8, 4) is 0 Å². The molecule has 0 atom stereocenters. The molecule has 24 heavy (non-hydrogen) atoms. The van der Waals surface area contributed by atoms with Gasteiger partial charge in [0.2, 0.25) is 0 Å². The summed E-state index contributed by atoms with van der Waals surface area (Å²) < 4.78 is 40.0. The molecular weight excluding hydrogens is 333 g/mol. The number of hydrogen-bond donors (Lipinski definition) is 1. The number of aliphatic carboxylic acids is 1. The molecule has 2 aromatic rings. The lowest BCUT2D eigenvalue weighted by molar-refractivity contribution is -0.136. The van der Waals surface area contributed by atoms with Gasteiger partial charge in [-0.1, -0.05) is 12.1 Å². The summed E-state index contributed by atoms with van der Waals surface area (Å²) in [7, 11) is -4.00. The summed E-state index contributed by atoms with van der Waals surface area (Å²) in [6, 6.07) is 9.65. The number of carboxylic acids is 1. The monoisotopic (exact) mass is 351 g/mol. The first-order chi connectivity index (χ1) is 11.2. The van der Waals surface area contributed by atoms with Crippen LogP contribution in [0.15, 0.2) is 47.4 Å². The Kier molecular flexibility index (Phi) is 5.23. The second kappa shape index (κ2) is 7.00. The van der Waals surface area contributed by atoms with Crippen molar-refractivity contribution in [3.05, 3.63) is 59.4 Å². The van der Waals surface area contributed by atoms with E-state index < -0.39 is 21.8 Å². The zero-order chi connectivity index (χ0) is 17.9. The lowest BCUT2D eigenvalue weighted by Crippen LogP contribution is -2.33. The average Bonchev–Trinajstić information content (AvgIpc) is 2.51. The smallest absolute Gasteiger partial charge is 0.305 e. The lowest BCUT2D eigenvalue weighted by atomic mass is 10.1. The van der Waals surface area contributed by atoms with Crippen LogP contribution in [-0.4, -0.2) is 26.0 Å². The molecule has 0 aliphatic rings. The minimum atomic E-state index is -4.00. The number of carboxylic acid groups (broad SMARTS) is 1. The fourth-order valence-electron chi connectivity index (χ4n) is 2.31. The number of carbonyl (C=O) groups is 1. The molecule has 7 heteroatoms. The van der Waals surface area contributed by atoms with Gasteiger partial charge in [0.15, 0.2) is 0 Å². The highest BCUT2D eigenvalue weighted by atomic mass is 32.2. The van der Waals surface area contributed by atoms with Crippen molar-refractivity contribution in [1.82, 2.24) is 0 Å². The Morgan fingerprint density at radius 3 is 2.33 bits per heavy atom. The van der Waals surface area contributed by atoms with Crippen LogP contribution in [0.5, 0.6) is 0 Å². The SMILES string of the molecule is Cc1cccc(N(CCC(=O)O)S(=O)(=O)c2ccc(F)cc2)c1C. The Labute approximate surface area is 140 Å². The van der Waals surface area contributed by atoms with Crippen LogP contribution in [0, 0.1) is 19.7 Å². The van der Waals surface area contributed by atoms with E-state index in [1.807, 2.05) is 13.0 Å². The average molecular weight is 351 g/mol. The molecule has 0 heterocycles. The molecule has 0 aromatic heterocycles. The van der Waals surface area contributed by atoms with Gasteiger partial charge in [-0.05, 0) is 55.3 Å². The molecule has 5 nitrogen and oxygen atoms in total. The summed E-state index contributed by atoms with van der Waals surface area (Å²) in [6.07, 6.45) is -0.339. The van der Waals surface area contributed by atoms with Gasteiger partial charge in [0, 0.05) is 6.54 Å². The Hall–Kier alpha value is -2.41. The molecule has 0 amide bonds. The van der Waals surface area contributed by atoms with Crippen LogP contribution < -0.4 is 4.31 Å². The third kappa shape index (κ3) is 3.73. The van der Waals surface area contributed by atoms with E-state index in [2.05, 4.69) is 0 Å². The number of aryl methyl sites for hydroxylation is 1. The predicted molar refractivity (Wildman–Crippen MR) is 89.1 cm³/mol. The first-order valence-electron chi connectivity index (χ1n) is 7.30. The van der Waals surface area contributed by atoms with E-state index in [0.29, 0.717) is 5.69 Å². The maximum atomic E-state index is 13.1. The van der Waals surface area contributed by atoms with Crippen LogP contribution in [0.2, 0.25) is 0 Å². The van der Waals surface area contributed by atoms with Crippen LogP contribution in [0.3, 0.4) is 0 Å². The van der Waals surface area contributed by atoms with Crippen molar-refractivity contribution in [2.75, 3.05) is 10.8 Å². The molecule has 0 radical (unpaired) electrons. The highest BCUT2D eigenvalue weighted by Crippen LogP contribution is 2.28. The van der Waals surface area contributed by atoms with Crippen LogP contribution in [0.25, 0.3) is 0 Å². The van der Waals surface area contributed by atoms with E-state index in [0.717, 1.165) is 27.6 Å². The van der Waals surface area contributed by atoms with Crippen molar-refractivity contribution in [3.63, 3.8) is 0 Å². The normalized spacial score (nSPS) is 11.3. The second-order valence-electron chi connectivity index (χ2n) is 5.39. The quantitative estimate of drug-likeness (QED) is 0.868. The summed E-state index contributed by atoms with van der Waals surface area (Å²) in [5, 5.41) is 8.93. The number of rotatable bonds is 6. The van der Waals surface area contributed by atoms with E-state index in [4.69, 9.17) is 5.11 Å². The fourth-order valence-corrected chi connectivity index (χ4v) is 3.83. The summed E-state index contributed by atoms with van der Waals surface area (Å²) in [4.78, 5) is 10.8. The molecule has 0 saturated heterocycles. The van der Waals surface area contributed by atoms with Gasteiger partial charge in [-0.25, -0.2) is 12.8 Å². The molecular formula is C17H18FNO4S. The number of sulfonamides is 1. The molecule has 128 valence electrons. The number of nitrogens with zero attached hydrogens (tertiary/aromatic N) is 1.